The number of pyridine rings is 1. The Morgan fingerprint density at radius 2 is 2.00 bits per heavy atom. The molecule has 100 valence electrons. The van der Waals surface area contributed by atoms with Crippen LogP contribution in [0.1, 0.15) is 12.8 Å². The van der Waals surface area contributed by atoms with Crippen LogP contribution in [0.4, 0.5) is 5.69 Å². The highest BCUT2D eigenvalue weighted by molar-refractivity contribution is 5.91. The van der Waals surface area contributed by atoms with Gasteiger partial charge in [0.2, 0.25) is 0 Å². The third-order valence-corrected chi connectivity index (χ3v) is 3.85. The van der Waals surface area contributed by atoms with Gasteiger partial charge in [0, 0.05) is 42.4 Å². The molecule has 19 heavy (non-hydrogen) atoms. The summed E-state index contributed by atoms with van der Waals surface area (Å²) in [5, 5.41) is 1.55. The van der Waals surface area contributed by atoms with E-state index in [9.17, 15) is 4.79 Å². The molecule has 0 aliphatic carbocycles. The van der Waals surface area contributed by atoms with Crippen molar-refractivity contribution >= 4 is 16.5 Å². The molecule has 1 aliphatic heterocycles. The maximum absolute atomic E-state index is 12.4. The highest BCUT2D eigenvalue weighted by atomic mass is 16.5. The summed E-state index contributed by atoms with van der Waals surface area (Å²) in [7, 11) is 0. The van der Waals surface area contributed by atoms with E-state index in [1.54, 1.807) is 4.57 Å². The van der Waals surface area contributed by atoms with Crippen LogP contribution in [0, 0.1) is 5.92 Å². The van der Waals surface area contributed by atoms with Crippen molar-refractivity contribution < 1.29 is 4.74 Å². The second-order valence-corrected chi connectivity index (χ2v) is 5.14. The van der Waals surface area contributed by atoms with Gasteiger partial charge in [-0.25, -0.2) is 0 Å². The van der Waals surface area contributed by atoms with Gasteiger partial charge in [0.05, 0.1) is 0 Å². The highest BCUT2D eigenvalue weighted by Gasteiger charge is 2.15. The molecule has 0 unspecified atom stereocenters. The lowest BCUT2D eigenvalue weighted by Crippen LogP contribution is -2.27. The summed E-state index contributed by atoms with van der Waals surface area (Å²) in [6.07, 6.45) is 3.92. The molecular weight excluding hydrogens is 240 g/mol. The quantitative estimate of drug-likeness (QED) is 0.838. The molecular formula is C15H18N2O2. The minimum Gasteiger partial charge on any atom is -0.398 e. The highest BCUT2D eigenvalue weighted by Crippen LogP contribution is 2.19. The van der Waals surface area contributed by atoms with Crippen LogP contribution in [0.5, 0.6) is 0 Å². The van der Waals surface area contributed by atoms with Crippen LogP contribution in [-0.4, -0.2) is 17.8 Å². The SMILES string of the molecule is Nc1cccc2c(=O)n(CC3CCOCC3)ccc12. The largest absolute Gasteiger partial charge is 0.398 e. The van der Waals surface area contributed by atoms with Crippen molar-refractivity contribution in [3.63, 3.8) is 0 Å². The summed E-state index contributed by atoms with van der Waals surface area (Å²) in [4.78, 5) is 12.4. The van der Waals surface area contributed by atoms with Crippen molar-refractivity contribution in [2.45, 2.75) is 19.4 Å². The molecule has 2 aromatic rings. The van der Waals surface area contributed by atoms with E-state index in [1.165, 1.54) is 0 Å². The van der Waals surface area contributed by atoms with Crippen molar-refractivity contribution in [1.82, 2.24) is 4.57 Å². The molecule has 4 heteroatoms. The topological polar surface area (TPSA) is 57.2 Å². The van der Waals surface area contributed by atoms with E-state index < -0.39 is 0 Å². The van der Waals surface area contributed by atoms with Crippen molar-refractivity contribution in [2.75, 3.05) is 18.9 Å². The lowest BCUT2D eigenvalue weighted by Gasteiger charge is -2.22. The number of nitrogen functional groups attached to an aromatic ring is 1. The average molecular weight is 258 g/mol. The Balaban J connectivity index is 1.96. The van der Waals surface area contributed by atoms with Gasteiger partial charge in [-0.2, -0.15) is 0 Å². The van der Waals surface area contributed by atoms with Gasteiger partial charge >= 0.3 is 0 Å². The second-order valence-electron chi connectivity index (χ2n) is 5.14. The Bertz CT molecular complexity index is 642. The molecule has 1 aromatic heterocycles. The lowest BCUT2D eigenvalue weighted by molar-refractivity contribution is 0.0610. The van der Waals surface area contributed by atoms with E-state index in [-0.39, 0.29) is 5.56 Å². The number of rotatable bonds is 2. The predicted molar refractivity (Wildman–Crippen MR) is 76.2 cm³/mol. The fraction of sp³-hybridized carbons (Fsp3) is 0.400. The summed E-state index contributed by atoms with van der Waals surface area (Å²) in [6.45, 7) is 2.38. The number of aromatic nitrogens is 1. The Morgan fingerprint density at radius 1 is 1.21 bits per heavy atom. The molecule has 0 amide bonds. The minimum atomic E-state index is 0.0521. The smallest absolute Gasteiger partial charge is 0.258 e. The van der Waals surface area contributed by atoms with Crippen LogP contribution in [-0.2, 0) is 11.3 Å². The van der Waals surface area contributed by atoms with E-state index in [1.807, 2.05) is 30.5 Å². The van der Waals surface area contributed by atoms with E-state index in [2.05, 4.69) is 0 Å². The first kappa shape index (κ1) is 12.2. The first-order valence-corrected chi connectivity index (χ1v) is 6.71. The molecule has 4 nitrogen and oxygen atoms in total. The van der Waals surface area contributed by atoms with Gasteiger partial charge in [-0.1, -0.05) is 6.07 Å². The zero-order valence-electron chi connectivity index (χ0n) is 10.8. The maximum Gasteiger partial charge on any atom is 0.258 e. The van der Waals surface area contributed by atoms with Gasteiger partial charge in [0.1, 0.15) is 0 Å². The molecule has 2 heterocycles. The molecule has 2 N–H and O–H groups in total. The summed E-state index contributed by atoms with van der Waals surface area (Å²) >= 11 is 0. The van der Waals surface area contributed by atoms with Gasteiger partial charge in [-0.15, -0.1) is 0 Å². The number of hydrogen-bond donors (Lipinski definition) is 1. The van der Waals surface area contributed by atoms with Gasteiger partial charge in [-0.05, 0) is 37.0 Å². The fourth-order valence-corrected chi connectivity index (χ4v) is 2.69. The predicted octanol–water partition coefficient (Wildman–Crippen LogP) is 2.01. The Hall–Kier alpha value is -1.81. The van der Waals surface area contributed by atoms with Crippen LogP contribution >= 0.6 is 0 Å². The summed E-state index contributed by atoms with van der Waals surface area (Å²) in [5.41, 5.74) is 6.61. The van der Waals surface area contributed by atoms with Crippen molar-refractivity contribution in [3.8, 4) is 0 Å². The molecule has 3 rings (SSSR count). The minimum absolute atomic E-state index is 0.0521. The summed E-state index contributed by atoms with van der Waals surface area (Å²) < 4.78 is 7.15. The number of hydrogen-bond acceptors (Lipinski definition) is 3. The Kier molecular flexibility index (Phi) is 3.25. The van der Waals surface area contributed by atoms with E-state index in [0.717, 1.165) is 38.0 Å². The first-order valence-electron chi connectivity index (χ1n) is 6.71. The van der Waals surface area contributed by atoms with Crippen LogP contribution < -0.4 is 11.3 Å². The summed E-state index contributed by atoms with van der Waals surface area (Å²) in [6, 6.07) is 7.43. The molecule has 0 radical (unpaired) electrons. The number of nitrogens with zero attached hydrogens (tertiary/aromatic N) is 1. The normalized spacial score (nSPS) is 16.8. The number of anilines is 1. The Morgan fingerprint density at radius 3 is 2.79 bits per heavy atom. The van der Waals surface area contributed by atoms with Crippen molar-refractivity contribution in [1.29, 1.82) is 0 Å². The second kappa shape index (κ2) is 5.05. The van der Waals surface area contributed by atoms with Gasteiger partial charge in [-0.3, -0.25) is 4.79 Å². The monoisotopic (exact) mass is 258 g/mol. The molecule has 0 bridgehead atoms. The molecule has 1 saturated heterocycles. The van der Waals surface area contributed by atoms with E-state index in [4.69, 9.17) is 10.5 Å². The van der Waals surface area contributed by atoms with Crippen molar-refractivity contribution in [2.24, 2.45) is 5.92 Å². The number of fused-ring (bicyclic) bond motifs is 1. The van der Waals surface area contributed by atoms with Crippen molar-refractivity contribution in [3.05, 3.63) is 40.8 Å². The standard InChI is InChI=1S/C15H18N2O2/c16-14-3-1-2-13-12(14)4-7-17(15(13)18)10-11-5-8-19-9-6-11/h1-4,7,11H,5-6,8-10,16H2. The molecule has 1 aromatic carbocycles. The van der Waals surface area contributed by atoms with E-state index in [0.29, 0.717) is 17.0 Å². The molecule has 1 aliphatic rings. The van der Waals surface area contributed by atoms with Gasteiger partial charge in [0.15, 0.2) is 0 Å². The van der Waals surface area contributed by atoms with Crippen LogP contribution in [0.3, 0.4) is 0 Å². The van der Waals surface area contributed by atoms with Crippen LogP contribution in [0.2, 0.25) is 0 Å². The third kappa shape index (κ3) is 2.36. The lowest BCUT2D eigenvalue weighted by atomic mass is 10.00. The Labute approximate surface area is 111 Å². The molecule has 0 spiro atoms. The van der Waals surface area contributed by atoms with E-state index >= 15 is 0 Å². The van der Waals surface area contributed by atoms with Crippen LogP contribution in [0.15, 0.2) is 35.3 Å². The van der Waals surface area contributed by atoms with Crippen LogP contribution in [0.25, 0.3) is 10.8 Å². The first-order chi connectivity index (χ1) is 9.25. The molecule has 0 saturated carbocycles. The number of nitrogens with two attached hydrogens (primary N) is 1. The summed E-state index contributed by atoms with van der Waals surface area (Å²) in [5.74, 6) is 0.532. The number of benzene rings is 1. The number of ether oxygens (including phenoxy) is 1. The van der Waals surface area contributed by atoms with Gasteiger partial charge < -0.3 is 15.0 Å². The zero-order valence-corrected chi connectivity index (χ0v) is 10.8. The maximum atomic E-state index is 12.4. The fourth-order valence-electron chi connectivity index (χ4n) is 2.69. The average Bonchev–Trinajstić information content (AvgIpc) is 2.44. The third-order valence-electron chi connectivity index (χ3n) is 3.85. The molecule has 0 atom stereocenters. The zero-order chi connectivity index (χ0) is 13.2. The van der Waals surface area contributed by atoms with Gasteiger partial charge in [0.25, 0.3) is 5.56 Å². The molecule has 1 fully saturated rings.